The Morgan fingerprint density at radius 3 is 2.86 bits per heavy atom. The Labute approximate surface area is 132 Å². The zero-order valence-corrected chi connectivity index (χ0v) is 12.8. The molecule has 1 aromatic carbocycles. The second-order valence-electron chi connectivity index (χ2n) is 4.55. The fourth-order valence-electron chi connectivity index (χ4n) is 2.19. The number of halogens is 2. The summed E-state index contributed by atoms with van der Waals surface area (Å²) in [5.41, 5.74) is 2.22. The summed E-state index contributed by atoms with van der Waals surface area (Å²) >= 11 is 9.64. The normalized spacial score (nSPS) is 14.7. The highest BCUT2D eigenvalue weighted by molar-refractivity contribution is 9.09. The van der Waals surface area contributed by atoms with E-state index in [0.29, 0.717) is 22.0 Å². The molecule has 0 bridgehead atoms. The van der Waals surface area contributed by atoms with Crippen LogP contribution in [0.5, 0.6) is 0 Å². The third kappa shape index (κ3) is 2.54. The van der Waals surface area contributed by atoms with Crippen molar-refractivity contribution < 1.29 is 14.1 Å². The number of benzene rings is 1. The van der Waals surface area contributed by atoms with Crippen LogP contribution >= 0.6 is 27.5 Å². The van der Waals surface area contributed by atoms with Gasteiger partial charge in [0.25, 0.3) is 0 Å². The Balaban J connectivity index is 1.98. The minimum Gasteiger partial charge on any atom is -0.404 e. The number of nitrogens with one attached hydrogen (secondary N) is 1. The van der Waals surface area contributed by atoms with Crippen LogP contribution in [0.3, 0.4) is 0 Å². The number of alkyl halides is 1. The first kappa shape index (κ1) is 14.1. The van der Waals surface area contributed by atoms with Gasteiger partial charge in [-0.05, 0) is 23.3 Å². The molecule has 0 aliphatic carbocycles. The number of hydrogen-bond donors (Lipinski definition) is 1. The van der Waals surface area contributed by atoms with Crippen LogP contribution in [0.2, 0.25) is 5.02 Å². The molecule has 2 heterocycles. The number of furan rings is 1. The second kappa shape index (κ2) is 5.16. The molecule has 1 amide bonds. The Kier molecular flexibility index (Phi) is 3.46. The van der Waals surface area contributed by atoms with E-state index in [4.69, 9.17) is 16.0 Å². The minimum absolute atomic E-state index is 0.0852. The van der Waals surface area contributed by atoms with E-state index < -0.39 is 9.75 Å². The van der Waals surface area contributed by atoms with E-state index >= 15 is 0 Å². The smallest absolute Gasteiger partial charge is 0.404 e. The van der Waals surface area contributed by atoms with Gasteiger partial charge >= 0.3 is 5.88 Å². The molecule has 0 saturated heterocycles. The molecule has 1 aromatic heterocycles. The van der Waals surface area contributed by atoms with Crippen LogP contribution < -0.4 is 5.32 Å². The van der Waals surface area contributed by atoms with Gasteiger partial charge in [-0.1, -0.05) is 33.6 Å². The molecule has 1 aliphatic heterocycles. The summed E-state index contributed by atoms with van der Waals surface area (Å²) in [7, 11) is 0. The number of fused-ring (bicyclic) bond motifs is 1. The standard InChI is InChI=1S/C13H8BrClN2O4/c14-13(10-1-2-12(21-10)17(19)20)7-3-6-4-11(18)16-9(6)5-8(7)15/h1-3,5,13H,4H2,(H,16,18). The highest BCUT2D eigenvalue weighted by Gasteiger charge is 2.25. The van der Waals surface area contributed by atoms with E-state index in [1.54, 1.807) is 12.1 Å². The van der Waals surface area contributed by atoms with Crippen molar-refractivity contribution in [3.05, 3.63) is 56.3 Å². The van der Waals surface area contributed by atoms with Gasteiger partial charge in [0.1, 0.15) is 10.7 Å². The predicted molar refractivity (Wildman–Crippen MR) is 79.9 cm³/mol. The Hall–Kier alpha value is -1.86. The van der Waals surface area contributed by atoms with Gasteiger partial charge in [0.05, 0.1) is 17.3 Å². The van der Waals surface area contributed by atoms with Gasteiger partial charge in [0, 0.05) is 10.7 Å². The van der Waals surface area contributed by atoms with Gasteiger partial charge in [-0.15, -0.1) is 0 Å². The highest BCUT2D eigenvalue weighted by Crippen LogP contribution is 2.40. The molecule has 0 fully saturated rings. The molecule has 1 N–H and O–H groups in total. The molecule has 1 aliphatic rings. The Morgan fingerprint density at radius 1 is 1.43 bits per heavy atom. The lowest BCUT2D eigenvalue weighted by Gasteiger charge is -2.11. The number of carbonyl (C=O) groups is 1. The molecule has 21 heavy (non-hydrogen) atoms. The van der Waals surface area contributed by atoms with Crippen LogP contribution in [-0.2, 0) is 11.2 Å². The van der Waals surface area contributed by atoms with Crippen molar-refractivity contribution in [2.75, 3.05) is 5.32 Å². The number of anilines is 1. The number of amides is 1. The van der Waals surface area contributed by atoms with Crippen molar-refractivity contribution in [1.82, 2.24) is 0 Å². The third-order valence-corrected chi connectivity index (χ3v) is 4.43. The van der Waals surface area contributed by atoms with Gasteiger partial charge in [-0.3, -0.25) is 14.9 Å². The lowest BCUT2D eigenvalue weighted by atomic mass is 10.0. The molecule has 0 spiro atoms. The summed E-state index contributed by atoms with van der Waals surface area (Å²) in [5, 5.41) is 13.8. The van der Waals surface area contributed by atoms with Crippen molar-refractivity contribution in [3.63, 3.8) is 0 Å². The quantitative estimate of drug-likeness (QED) is 0.505. The van der Waals surface area contributed by atoms with Crippen molar-refractivity contribution >= 4 is 45.0 Å². The van der Waals surface area contributed by atoms with Crippen molar-refractivity contribution in [2.24, 2.45) is 0 Å². The van der Waals surface area contributed by atoms with E-state index in [-0.39, 0.29) is 18.2 Å². The first-order chi connectivity index (χ1) is 9.95. The lowest BCUT2D eigenvalue weighted by Crippen LogP contribution is -2.03. The predicted octanol–water partition coefficient (Wildman–Crippen LogP) is 3.82. The summed E-state index contributed by atoms with van der Waals surface area (Å²) in [5.74, 6) is -0.0395. The van der Waals surface area contributed by atoms with Gasteiger partial charge < -0.3 is 9.73 Å². The average Bonchev–Trinajstić information content (AvgIpc) is 3.02. The first-order valence-electron chi connectivity index (χ1n) is 5.96. The van der Waals surface area contributed by atoms with Gasteiger partial charge in [-0.2, -0.15) is 0 Å². The van der Waals surface area contributed by atoms with Crippen LogP contribution in [0, 0.1) is 10.1 Å². The molecule has 3 rings (SSSR count). The number of nitro groups is 1. The maximum atomic E-state index is 11.4. The van der Waals surface area contributed by atoms with E-state index in [2.05, 4.69) is 21.2 Å². The first-order valence-corrected chi connectivity index (χ1v) is 7.25. The molecule has 8 heteroatoms. The zero-order chi connectivity index (χ0) is 15.1. The minimum atomic E-state index is -0.601. The zero-order valence-electron chi connectivity index (χ0n) is 10.4. The number of hydrogen-bond acceptors (Lipinski definition) is 4. The maximum Gasteiger partial charge on any atom is 0.433 e. The van der Waals surface area contributed by atoms with Crippen molar-refractivity contribution in [1.29, 1.82) is 0 Å². The molecular weight excluding hydrogens is 364 g/mol. The molecule has 108 valence electrons. The van der Waals surface area contributed by atoms with E-state index in [1.165, 1.54) is 12.1 Å². The van der Waals surface area contributed by atoms with E-state index in [0.717, 1.165) is 5.56 Å². The molecule has 1 unspecified atom stereocenters. The lowest BCUT2D eigenvalue weighted by molar-refractivity contribution is -0.402. The van der Waals surface area contributed by atoms with Gasteiger partial charge in [-0.25, -0.2) is 0 Å². The van der Waals surface area contributed by atoms with Crippen molar-refractivity contribution in [2.45, 2.75) is 11.2 Å². The topological polar surface area (TPSA) is 85.4 Å². The third-order valence-electron chi connectivity index (χ3n) is 3.16. The maximum absolute atomic E-state index is 11.4. The van der Waals surface area contributed by atoms with Crippen molar-refractivity contribution in [3.8, 4) is 0 Å². The highest BCUT2D eigenvalue weighted by atomic mass is 79.9. The van der Waals surface area contributed by atoms with E-state index in [9.17, 15) is 14.9 Å². The average molecular weight is 372 g/mol. The monoisotopic (exact) mass is 370 g/mol. The summed E-state index contributed by atoms with van der Waals surface area (Å²) in [6, 6.07) is 6.27. The van der Waals surface area contributed by atoms with E-state index in [1.807, 2.05) is 0 Å². The molecule has 0 saturated carbocycles. The fourth-order valence-corrected chi connectivity index (χ4v) is 3.22. The summed E-state index contributed by atoms with van der Waals surface area (Å²) in [6.07, 6.45) is 0.289. The molecular formula is C13H8BrClN2O4. The number of nitrogens with zero attached hydrogens (tertiary/aromatic N) is 1. The fraction of sp³-hybridized carbons (Fsp3) is 0.154. The van der Waals surface area contributed by atoms with Gasteiger partial charge in [0.15, 0.2) is 0 Å². The van der Waals surface area contributed by atoms with Gasteiger partial charge in [0.2, 0.25) is 5.91 Å². The van der Waals surface area contributed by atoms with Crippen LogP contribution in [0.4, 0.5) is 11.6 Å². The summed E-state index contributed by atoms with van der Waals surface area (Å²) < 4.78 is 5.17. The summed E-state index contributed by atoms with van der Waals surface area (Å²) in [4.78, 5) is 21.0. The second-order valence-corrected chi connectivity index (χ2v) is 5.87. The Morgan fingerprint density at radius 2 is 2.19 bits per heavy atom. The van der Waals surface area contributed by atoms with Crippen LogP contribution in [0.25, 0.3) is 0 Å². The van der Waals surface area contributed by atoms with Crippen LogP contribution in [-0.4, -0.2) is 10.8 Å². The largest absolute Gasteiger partial charge is 0.433 e. The number of rotatable bonds is 3. The number of carbonyl (C=O) groups excluding carboxylic acids is 1. The Bertz CT molecular complexity index is 759. The van der Waals surface area contributed by atoms with Crippen LogP contribution in [0.15, 0.2) is 28.7 Å². The molecule has 6 nitrogen and oxygen atoms in total. The molecule has 0 radical (unpaired) electrons. The SMILES string of the molecule is O=C1Cc2cc(C(Br)c3ccc([N+](=O)[O-])o3)c(Cl)cc2N1. The summed E-state index contributed by atoms with van der Waals surface area (Å²) in [6.45, 7) is 0. The van der Waals surface area contributed by atoms with Crippen LogP contribution in [0.1, 0.15) is 21.7 Å². The molecule has 1 atom stereocenters. The molecule has 2 aromatic rings.